The molecule has 0 spiro atoms. The van der Waals surface area contributed by atoms with E-state index in [2.05, 4.69) is 29.2 Å². The number of carbonyl (C=O) groups excluding carboxylic acids is 3. The van der Waals surface area contributed by atoms with Crippen molar-refractivity contribution in [2.45, 2.75) is 18.5 Å². The van der Waals surface area contributed by atoms with E-state index in [0.29, 0.717) is 32.6 Å². The van der Waals surface area contributed by atoms with Crippen LogP contribution in [0, 0.1) is 17.1 Å². The van der Waals surface area contributed by atoms with Crippen LogP contribution in [0.1, 0.15) is 6.42 Å². The first-order chi connectivity index (χ1) is 21.2. The Morgan fingerprint density at radius 3 is 2.73 bits per heavy atom. The van der Waals surface area contributed by atoms with Crippen molar-refractivity contribution in [3.05, 3.63) is 78.9 Å². The fraction of sp³-hybridized carbons (Fsp3) is 0.188. The van der Waals surface area contributed by atoms with Crippen molar-refractivity contribution in [2.24, 2.45) is 0 Å². The third-order valence-electron chi connectivity index (χ3n) is 7.99. The van der Waals surface area contributed by atoms with Gasteiger partial charge in [-0.1, -0.05) is 36.9 Å². The number of nitriles is 1. The van der Waals surface area contributed by atoms with Crippen molar-refractivity contribution in [2.75, 3.05) is 29.9 Å². The van der Waals surface area contributed by atoms with Crippen LogP contribution in [0.15, 0.2) is 68.0 Å². The van der Waals surface area contributed by atoms with E-state index in [1.807, 2.05) is 0 Å². The molecule has 2 amide bonds. The molecule has 12 heteroatoms. The molecule has 44 heavy (non-hydrogen) atoms. The second kappa shape index (κ2) is 11.1. The van der Waals surface area contributed by atoms with Gasteiger partial charge in [0.1, 0.15) is 23.0 Å². The van der Waals surface area contributed by atoms with Gasteiger partial charge in [-0.25, -0.2) is 9.18 Å². The number of piperazine rings is 1. The van der Waals surface area contributed by atoms with Crippen molar-refractivity contribution in [1.29, 1.82) is 5.26 Å². The topological polar surface area (TPSA) is 120 Å². The zero-order valence-corrected chi connectivity index (χ0v) is 24.2. The number of anilines is 2. The van der Waals surface area contributed by atoms with Crippen molar-refractivity contribution in [3.8, 4) is 23.1 Å². The van der Waals surface area contributed by atoms with Gasteiger partial charge >= 0.3 is 5.97 Å². The number of benzene rings is 2. The molecule has 0 N–H and O–H groups in total. The summed E-state index contributed by atoms with van der Waals surface area (Å²) in [6, 6.07) is 9.05. The summed E-state index contributed by atoms with van der Waals surface area (Å²) in [7, 11) is 1.59. The molecule has 6 rings (SSSR count). The first-order valence-corrected chi connectivity index (χ1v) is 13.9. The molecule has 1 saturated heterocycles. The fourth-order valence-corrected chi connectivity index (χ4v) is 6.23. The molecule has 0 aliphatic carbocycles. The molecule has 2 aromatic carbocycles. The van der Waals surface area contributed by atoms with E-state index in [1.165, 1.54) is 28.3 Å². The van der Waals surface area contributed by atoms with Crippen molar-refractivity contribution in [3.63, 3.8) is 0 Å². The standard InChI is InChI=1S/C32H24ClFN6O4/c1-4-25(41)39-16-24-32(43)38(3)23-14-37-30-21(31(23)40(24)15-18(39)9-10-35)13-36-29(28(30)34)20-12-19(44-26(42)5-2)11-17-7-6-8-22(33)27(17)20/h4-8,11-14,18,24H,1-2,9,15-16H2,3H3. The zero-order chi connectivity index (χ0) is 31.3. The highest BCUT2D eigenvalue weighted by atomic mass is 35.5. The molecule has 4 aromatic rings. The van der Waals surface area contributed by atoms with Crippen LogP contribution in [0.5, 0.6) is 5.75 Å². The highest BCUT2D eigenvalue weighted by Gasteiger charge is 2.45. The van der Waals surface area contributed by atoms with E-state index in [4.69, 9.17) is 16.3 Å². The van der Waals surface area contributed by atoms with Gasteiger partial charge in [-0.2, -0.15) is 5.26 Å². The van der Waals surface area contributed by atoms with Gasteiger partial charge in [-0.3, -0.25) is 19.6 Å². The third-order valence-corrected chi connectivity index (χ3v) is 8.30. The minimum Gasteiger partial charge on any atom is -0.423 e. The number of amides is 2. The maximum atomic E-state index is 16.6. The highest BCUT2D eigenvalue weighted by Crippen LogP contribution is 2.44. The summed E-state index contributed by atoms with van der Waals surface area (Å²) in [5.74, 6) is -1.93. The Bertz CT molecular complexity index is 1970. The average Bonchev–Trinajstić information content (AvgIpc) is 3.02. The van der Waals surface area contributed by atoms with E-state index in [-0.39, 0.29) is 53.8 Å². The van der Waals surface area contributed by atoms with E-state index in [9.17, 15) is 19.6 Å². The van der Waals surface area contributed by atoms with Gasteiger partial charge in [-0.05, 0) is 29.7 Å². The Morgan fingerprint density at radius 2 is 2.00 bits per heavy atom. The fourth-order valence-electron chi connectivity index (χ4n) is 5.95. The van der Waals surface area contributed by atoms with Crippen LogP contribution < -0.4 is 14.5 Å². The lowest BCUT2D eigenvalue weighted by atomic mass is 9.96. The number of rotatable bonds is 5. The van der Waals surface area contributed by atoms with Gasteiger partial charge in [0.15, 0.2) is 5.82 Å². The van der Waals surface area contributed by atoms with Gasteiger partial charge in [0.25, 0.3) is 5.91 Å². The molecule has 4 heterocycles. The van der Waals surface area contributed by atoms with Gasteiger partial charge < -0.3 is 19.4 Å². The number of fused-ring (bicyclic) bond motifs is 6. The van der Waals surface area contributed by atoms with Crippen LogP contribution >= 0.6 is 11.6 Å². The lowest BCUT2D eigenvalue weighted by Crippen LogP contribution is -2.66. The van der Waals surface area contributed by atoms with Gasteiger partial charge in [0.2, 0.25) is 5.91 Å². The van der Waals surface area contributed by atoms with Crippen molar-refractivity contribution < 1.29 is 23.5 Å². The zero-order valence-electron chi connectivity index (χ0n) is 23.5. The van der Waals surface area contributed by atoms with E-state index in [0.717, 1.165) is 12.2 Å². The minimum absolute atomic E-state index is 0.00891. The number of halogens is 2. The van der Waals surface area contributed by atoms with Crippen LogP contribution in [0.4, 0.5) is 15.8 Å². The molecule has 1 fully saturated rings. The molecule has 2 aromatic heterocycles. The molecule has 0 radical (unpaired) electrons. The van der Waals surface area contributed by atoms with Crippen LogP contribution in [0.2, 0.25) is 5.02 Å². The number of carbonyl (C=O) groups is 3. The Hall–Kier alpha value is -5.34. The normalized spacial score (nSPS) is 17.6. The first kappa shape index (κ1) is 28.8. The molecule has 0 bridgehead atoms. The number of likely N-dealkylation sites (N-methyl/N-ethyl adjacent to an activating group) is 1. The maximum absolute atomic E-state index is 16.6. The summed E-state index contributed by atoms with van der Waals surface area (Å²) in [6.45, 7) is 7.16. The largest absolute Gasteiger partial charge is 0.423 e. The molecule has 10 nitrogen and oxygen atoms in total. The molecule has 2 aliphatic heterocycles. The SMILES string of the molecule is C=CC(=O)Oc1cc(-c2ncc3c4c(cnc3c2F)N(C)C(=O)C2CN(C(=O)C=C)C(CC#N)CN42)c2c(Cl)cccc2c1. The van der Waals surface area contributed by atoms with Crippen molar-refractivity contribution >= 4 is 62.4 Å². The lowest BCUT2D eigenvalue weighted by molar-refractivity contribution is -0.131. The van der Waals surface area contributed by atoms with Crippen LogP contribution in [-0.4, -0.2) is 64.9 Å². The summed E-state index contributed by atoms with van der Waals surface area (Å²) in [4.78, 5) is 51.7. The first-order valence-electron chi connectivity index (χ1n) is 13.6. The number of pyridine rings is 2. The minimum atomic E-state index is -0.779. The molecule has 220 valence electrons. The van der Waals surface area contributed by atoms with Gasteiger partial charge in [0, 0.05) is 47.2 Å². The summed E-state index contributed by atoms with van der Waals surface area (Å²) in [5.41, 5.74) is 1.17. The van der Waals surface area contributed by atoms with Crippen LogP contribution in [0.3, 0.4) is 0 Å². The predicted octanol–water partition coefficient (Wildman–Crippen LogP) is 4.80. The van der Waals surface area contributed by atoms with E-state index >= 15 is 4.39 Å². The molecular weight excluding hydrogens is 587 g/mol. The van der Waals surface area contributed by atoms with E-state index in [1.54, 1.807) is 36.2 Å². The molecule has 2 unspecified atom stereocenters. The van der Waals surface area contributed by atoms with Crippen LogP contribution in [-0.2, 0) is 14.4 Å². The summed E-state index contributed by atoms with van der Waals surface area (Å²) in [6.07, 6.45) is 5.11. The van der Waals surface area contributed by atoms with E-state index < -0.39 is 23.9 Å². The predicted molar refractivity (Wildman–Crippen MR) is 164 cm³/mol. The Balaban J connectivity index is 1.54. The second-order valence-corrected chi connectivity index (χ2v) is 10.8. The summed E-state index contributed by atoms with van der Waals surface area (Å²) < 4.78 is 21.9. The number of esters is 1. The maximum Gasteiger partial charge on any atom is 0.335 e. The Kier molecular flexibility index (Phi) is 7.23. The average molecular weight is 611 g/mol. The quantitative estimate of drug-likeness (QED) is 0.180. The van der Waals surface area contributed by atoms with Crippen LogP contribution in [0.25, 0.3) is 32.9 Å². The monoisotopic (exact) mass is 610 g/mol. The number of aromatic nitrogens is 2. The third kappa shape index (κ3) is 4.51. The summed E-state index contributed by atoms with van der Waals surface area (Å²) >= 11 is 6.56. The Labute approximate surface area is 256 Å². The Morgan fingerprint density at radius 1 is 1.20 bits per heavy atom. The highest BCUT2D eigenvalue weighted by molar-refractivity contribution is 6.36. The number of hydrogen-bond donors (Lipinski definition) is 0. The number of nitrogens with zero attached hydrogens (tertiary/aromatic N) is 6. The van der Waals surface area contributed by atoms with Gasteiger partial charge in [-0.15, -0.1) is 0 Å². The number of ether oxygens (including phenoxy) is 1. The molecule has 2 aliphatic rings. The smallest absolute Gasteiger partial charge is 0.335 e. The summed E-state index contributed by atoms with van der Waals surface area (Å²) in [5, 5.41) is 11.3. The van der Waals surface area contributed by atoms with Gasteiger partial charge in [0.05, 0.1) is 42.6 Å². The van der Waals surface area contributed by atoms with Crippen molar-refractivity contribution in [1.82, 2.24) is 14.9 Å². The second-order valence-electron chi connectivity index (χ2n) is 10.4. The molecule has 0 saturated carbocycles. The lowest BCUT2D eigenvalue weighted by Gasteiger charge is -2.50. The molecular formula is C32H24ClFN6O4. The molecule has 2 atom stereocenters. The number of hydrogen-bond acceptors (Lipinski definition) is 8.